The van der Waals surface area contributed by atoms with Gasteiger partial charge in [0.2, 0.25) is 0 Å². The van der Waals surface area contributed by atoms with Gasteiger partial charge in [0.15, 0.2) is 0 Å². The third-order valence-electron chi connectivity index (χ3n) is 1.91. The van der Waals surface area contributed by atoms with Crippen LogP contribution >= 0.6 is 11.6 Å². The average molecular weight is 185 g/mol. The molecular formula is C10H13ClO. The van der Waals surface area contributed by atoms with Crippen molar-refractivity contribution in [1.82, 2.24) is 0 Å². The van der Waals surface area contributed by atoms with Gasteiger partial charge in [0.25, 0.3) is 0 Å². The van der Waals surface area contributed by atoms with Crippen molar-refractivity contribution < 1.29 is 4.74 Å². The molecule has 0 aromatic heterocycles. The number of halogens is 1. The van der Waals surface area contributed by atoms with Crippen LogP contribution in [0, 0.1) is 0 Å². The van der Waals surface area contributed by atoms with Crippen molar-refractivity contribution in [2.45, 2.75) is 19.4 Å². The summed E-state index contributed by atoms with van der Waals surface area (Å²) in [6.45, 7) is 2.08. The summed E-state index contributed by atoms with van der Waals surface area (Å²) in [5.41, 5.74) is 1.07. The maximum atomic E-state index is 6.00. The second-order valence-electron chi connectivity index (χ2n) is 2.65. The number of rotatable bonds is 3. The Balaban J connectivity index is 2.92. The maximum absolute atomic E-state index is 6.00. The topological polar surface area (TPSA) is 9.23 Å². The molecule has 0 spiro atoms. The lowest BCUT2D eigenvalue weighted by molar-refractivity contribution is 0.100. The molecule has 0 aliphatic heterocycles. The smallest absolute Gasteiger partial charge is 0.0832 e. The molecule has 1 unspecified atom stereocenters. The van der Waals surface area contributed by atoms with Crippen LogP contribution in [0.15, 0.2) is 24.3 Å². The molecule has 12 heavy (non-hydrogen) atoms. The van der Waals surface area contributed by atoms with Gasteiger partial charge in [-0.15, -0.1) is 0 Å². The third-order valence-corrected chi connectivity index (χ3v) is 2.25. The summed E-state index contributed by atoms with van der Waals surface area (Å²) in [6.07, 6.45) is 1.07. The molecule has 1 nitrogen and oxygen atoms in total. The van der Waals surface area contributed by atoms with Crippen LogP contribution in [-0.2, 0) is 4.74 Å². The summed E-state index contributed by atoms with van der Waals surface area (Å²) in [4.78, 5) is 0. The predicted octanol–water partition coefficient (Wildman–Crippen LogP) is 3.44. The van der Waals surface area contributed by atoms with E-state index < -0.39 is 0 Å². The molecule has 0 fully saturated rings. The molecule has 0 aliphatic carbocycles. The van der Waals surface area contributed by atoms with Crippen molar-refractivity contribution in [2.75, 3.05) is 7.11 Å². The Morgan fingerprint density at radius 1 is 1.42 bits per heavy atom. The molecule has 0 radical (unpaired) electrons. The molecule has 2 heteroatoms. The van der Waals surface area contributed by atoms with Crippen molar-refractivity contribution in [2.24, 2.45) is 0 Å². The van der Waals surface area contributed by atoms with E-state index >= 15 is 0 Å². The van der Waals surface area contributed by atoms with Crippen molar-refractivity contribution in [3.05, 3.63) is 34.9 Å². The second kappa shape index (κ2) is 4.48. The van der Waals surface area contributed by atoms with Crippen molar-refractivity contribution >= 4 is 11.6 Å². The monoisotopic (exact) mass is 184 g/mol. The average Bonchev–Trinajstić information content (AvgIpc) is 2.10. The Morgan fingerprint density at radius 3 is 2.58 bits per heavy atom. The molecule has 1 aromatic rings. The Labute approximate surface area is 78.3 Å². The highest BCUT2D eigenvalue weighted by Gasteiger charge is 2.10. The molecule has 0 amide bonds. The van der Waals surface area contributed by atoms with Gasteiger partial charge in [-0.05, 0) is 18.1 Å². The van der Waals surface area contributed by atoms with Crippen LogP contribution in [0.3, 0.4) is 0 Å². The van der Waals surface area contributed by atoms with E-state index in [0.29, 0.717) is 0 Å². The van der Waals surface area contributed by atoms with Crippen molar-refractivity contribution in [1.29, 1.82) is 0 Å². The first-order chi connectivity index (χ1) is 5.79. The summed E-state index contributed by atoms with van der Waals surface area (Å²) in [5.74, 6) is 0. The van der Waals surface area contributed by atoms with E-state index in [1.165, 1.54) is 0 Å². The number of benzene rings is 1. The Kier molecular flexibility index (Phi) is 3.57. The molecule has 0 aliphatic rings. The van der Waals surface area contributed by atoms with Gasteiger partial charge in [-0.2, -0.15) is 0 Å². The van der Waals surface area contributed by atoms with Gasteiger partial charge in [0, 0.05) is 12.1 Å². The van der Waals surface area contributed by atoms with Crippen LogP contribution in [0.5, 0.6) is 0 Å². The molecule has 1 atom stereocenters. The first-order valence-corrected chi connectivity index (χ1v) is 4.44. The van der Waals surface area contributed by atoms with Gasteiger partial charge in [0.05, 0.1) is 6.10 Å². The van der Waals surface area contributed by atoms with E-state index in [-0.39, 0.29) is 6.10 Å². The fraction of sp³-hybridized carbons (Fsp3) is 0.400. The molecule has 0 N–H and O–H groups in total. The minimum Gasteiger partial charge on any atom is -0.377 e. The van der Waals surface area contributed by atoms with E-state index in [4.69, 9.17) is 16.3 Å². The predicted molar refractivity (Wildman–Crippen MR) is 51.5 cm³/mol. The molecule has 1 rings (SSSR count). The fourth-order valence-corrected chi connectivity index (χ4v) is 1.51. The lowest BCUT2D eigenvalue weighted by Crippen LogP contribution is -1.99. The Morgan fingerprint density at radius 2 is 2.08 bits per heavy atom. The first-order valence-electron chi connectivity index (χ1n) is 4.06. The molecule has 0 saturated heterocycles. The van der Waals surface area contributed by atoms with E-state index in [2.05, 4.69) is 6.92 Å². The van der Waals surface area contributed by atoms with Crippen LogP contribution in [0.1, 0.15) is 25.0 Å². The molecule has 66 valence electrons. The standard InChI is InChI=1S/C10H13ClO/c1-3-10(12-2)8-6-4-5-7-9(8)11/h4-7,10H,3H2,1-2H3. The number of ether oxygens (including phenoxy) is 1. The van der Waals surface area contributed by atoms with Gasteiger partial charge in [0.1, 0.15) is 0 Å². The molecule has 0 heterocycles. The molecule has 0 saturated carbocycles. The number of hydrogen-bond acceptors (Lipinski definition) is 1. The lowest BCUT2D eigenvalue weighted by Gasteiger charge is -2.14. The quantitative estimate of drug-likeness (QED) is 0.700. The van der Waals surface area contributed by atoms with E-state index in [1.54, 1.807) is 7.11 Å². The highest BCUT2D eigenvalue weighted by atomic mass is 35.5. The van der Waals surface area contributed by atoms with E-state index in [0.717, 1.165) is 17.0 Å². The van der Waals surface area contributed by atoms with E-state index in [1.807, 2.05) is 24.3 Å². The normalized spacial score (nSPS) is 12.9. The zero-order chi connectivity index (χ0) is 8.97. The first kappa shape index (κ1) is 9.56. The molecular weight excluding hydrogens is 172 g/mol. The van der Waals surface area contributed by atoms with Crippen LogP contribution in [-0.4, -0.2) is 7.11 Å². The van der Waals surface area contributed by atoms with Gasteiger partial charge < -0.3 is 4.74 Å². The third kappa shape index (κ3) is 1.99. The number of hydrogen-bond donors (Lipinski definition) is 0. The maximum Gasteiger partial charge on any atom is 0.0832 e. The molecule has 1 aromatic carbocycles. The minimum atomic E-state index is 0.124. The second-order valence-corrected chi connectivity index (χ2v) is 3.06. The summed E-state index contributed by atoms with van der Waals surface area (Å²) < 4.78 is 5.28. The number of methoxy groups -OCH3 is 1. The summed E-state index contributed by atoms with van der Waals surface area (Å²) in [5, 5.41) is 0.784. The minimum absolute atomic E-state index is 0.124. The Hall–Kier alpha value is -0.530. The molecule has 0 bridgehead atoms. The summed E-state index contributed by atoms with van der Waals surface area (Å²) in [6, 6.07) is 7.79. The van der Waals surface area contributed by atoms with Crippen LogP contribution < -0.4 is 0 Å². The largest absolute Gasteiger partial charge is 0.377 e. The summed E-state index contributed by atoms with van der Waals surface area (Å²) in [7, 11) is 1.71. The Bertz CT molecular complexity index is 243. The van der Waals surface area contributed by atoms with Crippen LogP contribution in [0.4, 0.5) is 0 Å². The van der Waals surface area contributed by atoms with Gasteiger partial charge in [-0.3, -0.25) is 0 Å². The zero-order valence-electron chi connectivity index (χ0n) is 7.38. The van der Waals surface area contributed by atoms with Gasteiger partial charge in [-0.1, -0.05) is 36.7 Å². The lowest BCUT2D eigenvalue weighted by atomic mass is 10.1. The van der Waals surface area contributed by atoms with Crippen LogP contribution in [0.2, 0.25) is 5.02 Å². The van der Waals surface area contributed by atoms with Crippen molar-refractivity contribution in [3.8, 4) is 0 Å². The van der Waals surface area contributed by atoms with E-state index in [9.17, 15) is 0 Å². The van der Waals surface area contributed by atoms with Gasteiger partial charge >= 0.3 is 0 Å². The SMILES string of the molecule is CCC(OC)c1ccccc1Cl. The van der Waals surface area contributed by atoms with Crippen molar-refractivity contribution in [3.63, 3.8) is 0 Å². The highest BCUT2D eigenvalue weighted by Crippen LogP contribution is 2.26. The van der Waals surface area contributed by atoms with Crippen LogP contribution in [0.25, 0.3) is 0 Å². The van der Waals surface area contributed by atoms with Gasteiger partial charge in [-0.25, -0.2) is 0 Å². The summed E-state index contributed by atoms with van der Waals surface area (Å²) >= 11 is 6.00. The highest BCUT2D eigenvalue weighted by molar-refractivity contribution is 6.31. The fourth-order valence-electron chi connectivity index (χ4n) is 1.25. The zero-order valence-corrected chi connectivity index (χ0v) is 8.14.